The van der Waals surface area contributed by atoms with Gasteiger partial charge in [-0.2, -0.15) is 11.8 Å². The van der Waals surface area contributed by atoms with E-state index < -0.39 is 5.97 Å². The highest BCUT2D eigenvalue weighted by atomic mass is 32.2. The van der Waals surface area contributed by atoms with Gasteiger partial charge in [-0.1, -0.05) is 31.4 Å². The van der Waals surface area contributed by atoms with Gasteiger partial charge in [-0.25, -0.2) is 0 Å². The smallest absolute Gasteiger partial charge is 0.303 e. The molecule has 1 unspecified atom stereocenters. The molecule has 0 spiro atoms. The van der Waals surface area contributed by atoms with Crippen molar-refractivity contribution in [3.63, 3.8) is 0 Å². The lowest BCUT2D eigenvalue weighted by atomic mass is 9.81. The summed E-state index contributed by atoms with van der Waals surface area (Å²) in [5, 5.41) is 19.1. The molecule has 0 aromatic carbocycles. The Balaban J connectivity index is 1.63. The van der Waals surface area contributed by atoms with Crippen LogP contribution in [0.3, 0.4) is 0 Å². The SMILES string of the molecule is O=C(O)CCCC=CC[C@H]1CSC[C@@H]1CCC(O)C1CCCCC1. The molecule has 1 heterocycles. The van der Waals surface area contributed by atoms with Crippen molar-refractivity contribution in [2.45, 2.75) is 76.7 Å². The van der Waals surface area contributed by atoms with Gasteiger partial charge in [-0.05, 0) is 74.2 Å². The summed E-state index contributed by atoms with van der Waals surface area (Å²) in [4.78, 5) is 10.5. The fraction of sp³-hybridized carbons (Fsp3) is 0.850. The molecule has 2 N–H and O–H groups in total. The number of carboxylic acid groups (broad SMARTS) is 1. The summed E-state index contributed by atoms with van der Waals surface area (Å²) in [7, 11) is 0. The summed E-state index contributed by atoms with van der Waals surface area (Å²) in [5.74, 6) is 3.83. The van der Waals surface area contributed by atoms with E-state index in [2.05, 4.69) is 23.9 Å². The van der Waals surface area contributed by atoms with Crippen LogP contribution in [0.2, 0.25) is 0 Å². The summed E-state index contributed by atoms with van der Waals surface area (Å²) >= 11 is 2.06. The van der Waals surface area contributed by atoms with Crippen LogP contribution in [0.5, 0.6) is 0 Å². The van der Waals surface area contributed by atoms with E-state index in [1.165, 1.54) is 50.0 Å². The van der Waals surface area contributed by atoms with Crippen LogP contribution in [0.15, 0.2) is 12.2 Å². The van der Waals surface area contributed by atoms with Crippen molar-refractivity contribution in [3.05, 3.63) is 12.2 Å². The van der Waals surface area contributed by atoms with Gasteiger partial charge in [-0.3, -0.25) is 4.79 Å². The second-order valence-corrected chi connectivity index (χ2v) is 8.67. The first-order valence-corrected chi connectivity index (χ1v) is 10.9. The molecule has 0 aromatic rings. The lowest BCUT2D eigenvalue weighted by Crippen LogP contribution is -2.24. The summed E-state index contributed by atoms with van der Waals surface area (Å²) in [6.45, 7) is 0. The number of hydrogen-bond acceptors (Lipinski definition) is 3. The van der Waals surface area contributed by atoms with Crippen LogP contribution in [0, 0.1) is 17.8 Å². The molecule has 1 saturated carbocycles. The minimum absolute atomic E-state index is 0.0805. The van der Waals surface area contributed by atoms with E-state index in [0.717, 1.165) is 37.5 Å². The Morgan fingerprint density at radius 3 is 2.62 bits per heavy atom. The van der Waals surface area contributed by atoms with Crippen molar-refractivity contribution < 1.29 is 15.0 Å². The molecule has 3 atom stereocenters. The van der Waals surface area contributed by atoms with E-state index in [4.69, 9.17) is 5.11 Å². The highest BCUT2D eigenvalue weighted by Gasteiger charge is 2.29. The largest absolute Gasteiger partial charge is 0.481 e. The molecule has 24 heavy (non-hydrogen) atoms. The van der Waals surface area contributed by atoms with Gasteiger partial charge >= 0.3 is 5.97 Å². The normalized spacial score (nSPS) is 26.9. The maximum atomic E-state index is 10.5. The molecule has 1 aliphatic heterocycles. The minimum Gasteiger partial charge on any atom is -0.481 e. The van der Waals surface area contributed by atoms with Gasteiger partial charge in [0.15, 0.2) is 0 Å². The zero-order chi connectivity index (χ0) is 17.2. The monoisotopic (exact) mass is 354 g/mol. The summed E-state index contributed by atoms with van der Waals surface area (Å²) in [6.07, 6.45) is 15.9. The van der Waals surface area contributed by atoms with Gasteiger partial charge in [0, 0.05) is 6.42 Å². The zero-order valence-electron chi connectivity index (χ0n) is 14.9. The van der Waals surface area contributed by atoms with Gasteiger partial charge in [0.05, 0.1) is 6.10 Å². The lowest BCUT2D eigenvalue weighted by Gasteiger charge is -2.28. The molecular formula is C20H34O3S. The molecule has 1 aliphatic carbocycles. The molecule has 0 aromatic heterocycles. The van der Waals surface area contributed by atoms with Crippen molar-refractivity contribution in [2.24, 2.45) is 17.8 Å². The molecule has 2 rings (SSSR count). The number of aliphatic hydroxyl groups excluding tert-OH is 1. The van der Waals surface area contributed by atoms with Crippen LogP contribution < -0.4 is 0 Å². The molecule has 0 bridgehead atoms. The number of hydrogen-bond donors (Lipinski definition) is 2. The Hall–Kier alpha value is -0.480. The number of aliphatic carboxylic acids is 1. The summed E-state index contributed by atoms with van der Waals surface area (Å²) in [5.41, 5.74) is 0. The van der Waals surface area contributed by atoms with E-state index in [1.807, 2.05) is 0 Å². The fourth-order valence-electron chi connectivity index (χ4n) is 4.12. The highest BCUT2D eigenvalue weighted by molar-refractivity contribution is 7.99. The van der Waals surface area contributed by atoms with E-state index in [-0.39, 0.29) is 12.5 Å². The molecule has 0 amide bonds. The van der Waals surface area contributed by atoms with Crippen LogP contribution in [-0.4, -0.2) is 33.8 Å². The Labute approximate surface area is 151 Å². The maximum absolute atomic E-state index is 10.5. The number of carboxylic acids is 1. The van der Waals surface area contributed by atoms with E-state index in [0.29, 0.717) is 5.92 Å². The van der Waals surface area contributed by atoms with Gasteiger partial charge in [0.25, 0.3) is 0 Å². The quantitative estimate of drug-likeness (QED) is 0.433. The van der Waals surface area contributed by atoms with Crippen molar-refractivity contribution in [1.29, 1.82) is 0 Å². The number of unbranched alkanes of at least 4 members (excludes halogenated alkanes) is 1. The third kappa shape index (κ3) is 7.18. The predicted molar refractivity (Wildman–Crippen MR) is 101 cm³/mol. The Kier molecular flexibility index (Phi) is 9.26. The molecule has 2 aliphatic rings. The van der Waals surface area contributed by atoms with Gasteiger partial charge in [0.1, 0.15) is 0 Å². The van der Waals surface area contributed by atoms with E-state index in [1.54, 1.807) is 0 Å². The van der Waals surface area contributed by atoms with Crippen molar-refractivity contribution in [1.82, 2.24) is 0 Å². The van der Waals surface area contributed by atoms with Crippen LogP contribution in [0.1, 0.15) is 70.6 Å². The Morgan fingerprint density at radius 1 is 1.12 bits per heavy atom. The van der Waals surface area contributed by atoms with Crippen LogP contribution in [0.25, 0.3) is 0 Å². The first-order chi connectivity index (χ1) is 11.7. The number of carbonyl (C=O) groups is 1. The standard InChI is InChI=1S/C20H34O3S/c21-19(16-8-5-3-6-9-16)13-12-18-15-24-14-17(18)10-4-1-2-7-11-20(22)23/h1,4,16-19,21H,2-3,5-15H2,(H,22,23)/t17-,18-,19?/m0/s1. The number of aliphatic hydroxyl groups is 1. The van der Waals surface area contributed by atoms with Gasteiger partial charge in [-0.15, -0.1) is 0 Å². The molecule has 0 radical (unpaired) electrons. The topological polar surface area (TPSA) is 57.5 Å². The van der Waals surface area contributed by atoms with Crippen molar-refractivity contribution in [2.75, 3.05) is 11.5 Å². The van der Waals surface area contributed by atoms with E-state index >= 15 is 0 Å². The third-order valence-electron chi connectivity index (χ3n) is 5.72. The van der Waals surface area contributed by atoms with Gasteiger partial charge < -0.3 is 10.2 Å². The summed E-state index contributed by atoms with van der Waals surface area (Å²) in [6, 6.07) is 0. The zero-order valence-corrected chi connectivity index (χ0v) is 15.7. The summed E-state index contributed by atoms with van der Waals surface area (Å²) < 4.78 is 0. The van der Waals surface area contributed by atoms with Crippen LogP contribution >= 0.6 is 11.8 Å². The highest BCUT2D eigenvalue weighted by Crippen LogP contribution is 2.37. The molecule has 138 valence electrons. The Morgan fingerprint density at radius 2 is 1.88 bits per heavy atom. The lowest BCUT2D eigenvalue weighted by molar-refractivity contribution is -0.137. The average molecular weight is 355 g/mol. The molecule has 2 fully saturated rings. The second kappa shape index (κ2) is 11.2. The maximum Gasteiger partial charge on any atom is 0.303 e. The predicted octanol–water partition coefficient (Wildman–Crippen LogP) is 4.89. The average Bonchev–Trinajstić information content (AvgIpc) is 3.03. The van der Waals surface area contributed by atoms with Crippen LogP contribution in [0.4, 0.5) is 0 Å². The van der Waals surface area contributed by atoms with E-state index in [9.17, 15) is 9.90 Å². The minimum atomic E-state index is -0.702. The Bertz CT molecular complexity index is 390. The molecule has 3 nitrogen and oxygen atoms in total. The molecule has 4 heteroatoms. The molecular weight excluding hydrogens is 320 g/mol. The second-order valence-electron chi connectivity index (χ2n) is 7.59. The first kappa shape index (κ1) is 19.8. The number of rotatable bonds is 10. The molecule has 1 saturated heterocycles. The third-order valence-corrected chi connectivity index (χ3v) is 7.05. The fourth-order valence-corrected chi connectivity index (χ4v) is 5.71. The van der Waals surface area contributed by atoms with Crippen molar-refractivity contribution in [3.8, 4) is 0 Å². The van der Waals surface area contributed by atoms with Crippen LogP contribution in [-0.2, 0) is 4.79 Å². The number of thioether (sulfide) groups is 1. The van der Waals surface area contributed by atoms with Crippen molar-refractivity contribution >= 4 is 17.7 Å². The van der Waals surface area contributed by atoms with Gasteiger partial charge in [0.2, 0.25) is 0 Å². The number of allylic oxidation sites excluding steroid dienone is 2. The first-order valence-electron chi connectivity index (χ1n) is 9.79.